The zero-order chi connectivity index (χ0) is 22.1. The first-order valence-corrected chi connectivity index (χ1v) is 11.7. The van der Waals surface area contributed by atoms with Gasteiger partial charge in [-0.3, -0.25) is 0 Å². The van der Waals surface area contributed by atoms with Crippen LogP contribution in [-0.2, 0) is 14.8 Å². The number of nitrogens with two attached hydrogens (primary N) is 1. The van der Waals surface area contributed by atoms with Gasteiger partial charge < -0.3 is 10.5 Å². The molecule has 0 bridgehead atoms. The van der Waals surface area contributed by atoms with Crippen molar-refractivity contribution < 1.29 is 17.9 Å². The van der Waals surface area contributed by atoms with Crippen LogP contribution in [0.4, 0.5) is 4.79 Å². The number of rotatable bonds is 6. The summed E-state index contributed by atoms with van der Waals surface area (Å²) < 4.78 is 34.5. The Morgan fingerprint density at radius 2 is 1.93 bits per heavy atom. The van der Waals surface area contributed by atoms with E-state index in [0.29, 0.717) is 0 Å². The second kappa shape index (κ2) is 8.33. The molecule has 2 aromatic carbocycles. The molecule has 0 saturated heterocycles. The summed E-state index contributed by atoms with van der Waals surface area (Å²) in [5.41, 5.74) is 7.21. The molecule has 1 unspecified atom stereocenters. The molecule has 0 aliphatic rings. The fourth-order valence-electron chi connectivity index (χ4n) is 2.92. The molecule has 160 valence electrons. The van der Waals surface area contributed by atoms with E-state index in [4.69, 9.17) is 10.5 Å². The third kappa shape index (κ3) is 4.97. The van der Waals surface area contributed by atoms with Crippen molar-refractivity contribution in [1.82, 2.24) is 9.71 Å². The maximum Gasteiger partial charge on any atom is 0.404 e. The number of hydrogen-bond donors (Lipinski definition) is 2. The fourth-order valence-corrected chi connectivity index (χ4v) is 5.02. The molecule has 30 heavy (non-hydrogen) atoms. The molecule has 3 rings (SSSR count). The first kappa shape index (κ1) is 22.2. The molecule has 1 aromatic heterocycles. The lowest BCUT2D eigenvalue weighted by atomic mass is 9.89. The lowest BCUT2D eigenvalue weighted by Crippen LogP contribution is -2.43. The van der Waals surface area contributed by atoms with E-state index in [1.807, 2.05) is 52.0 Å². The third-order valence-corrected chi connectivity index (χ3v) is 7.22. The number of hydrogen-bond acceptors (Lipinski definition) is 6. The Labute approximate surface area is 180 Å². The van der Waals surface area contributed by atoms with E-state index < -0.39 is 27.6 Å². The van der Waals surface area contributed by atoms with Crippen molar-refractivity contribution in [2.45, 2.75) is 38.7 Å². The van der Waals surface area contributed by atoms with Gasteiger partial charge >= 0.3 is 6.09 Å². The number of primary amides is 1. The Morgan fingerprint density at radius 1 is 1.23 bits per heavy atom. The van der Waals surface area contributed by atoms with Crippen LogP contribution in [0.3, 0.4) is 0 Å². The molecule has 0 fully saturated rings. The summed E-state index contributed by atoms with van der Waals surface area (Å²) in [6, 6.07) is 12.7. The van der Waals surface area contributed by atoms with Gasteiger partial charge in [0.25, 0.3) is 0 Å². The number of amides is 1. The lowest BCUT2D eigenvalue weighted by molar-refractivity contribution is 0.0406. The summed E-state index contributed by atoms with van der Waals surface area (Å²) in [5.74, 6) is 0. The minimum absolute atomic E-state index is 0.0842. The van der Waals surface area contributed by atoms with E-state index in [-0.39, 0.29) is 11.4 Å². The van der Waals surface area contributed by atoms with Gasteiger partial charge in [-0.2, -0.15) is 0 Å². The quantitative estimate of drug-likeness (QED) is 0.592. The van der Waals surface area contributed by atoms with Crippen LogP contribution in [0, 0.1) is 12.3 Å². The maximum atomic E-state index is 12.9. The highest BCUT2D eigenvalue weighted by atomic mass is 32.2. The van der Waals surface area contributed by atoms with Crippen LogP contribution in [0.5, 0.6) is 0 Å². The number of carbonyl (C=O) groups excluding carboxylic acids is 1. The van der Waals surface area contributed by atoms with E-state index in [9.17, 15) is 13.2 Å². The highest BCUT2D eigenvalue weighted by molar-refractivity contribution is 7.89. The van der Waals surface area contributed by atoms with E-state index >= 15 is 0 Å². The van der Waals surface area contributed by atoms with Crippen LogP contribution in [0.1, 0.15) is 26.3 Å². The minimum atomic E-state index is -3.83. The molecule has 3 N–H and O–H groups in total. The fraction of sp³-hybridized carbons (Fsp3) is 0.333. The van der Waals surface area contributed by atoms with Crippen molar-refractivity contribution in [3.8, 4) is 10.6 Å². The average molecular weight is 448 g/mol. The molecule has 1 amide bonds. The summed E-state index contributed by atoms with van der Waals surface area (Å²) in [7, 11) is -3.83. The number of nitrogens with zero attached hydrogens (tertiary/aromatic N) is 1. The van der Waals surface area contributed by atoms with E-state index in [1.165, 1.54) is 11.3 Å². The molecular formula is C21H25N3O4S2. The van der Waals surface area contributed by atoms with Crippen molar-refractivity contribution in [3.63, 3.8) is 0 Å². The number of carbonyl (C=O) groups is 1. The van der Waals surface area contributed by atoms with Gasteiger partial charge in [0, 0.05) is 17.5 Å². The summed E-state index contributed by atoms with van der Waals surface area (Å²) >= 11 is 1.51. The van der Waals surface area contributed by atoms with Gasteiger partial charge in [-0.1, -0.05) is 39.0 Å². The highest BCUT2D eigenvalue weighted by Crippen LogP contribution is 2.33. The number of fused-ring (bicyclic) bond motifs is 1. The Hall–Kier alpha value is -2.49. The molecule has 0 saturated carbocycles. The van der Waals surface area contributed by atoms with Crippen LogP contribution in [0.25, 0.3) is 20.8 Å². The monoisotopic (exact) mass is 447 g/mol. The second-order valence-corrected chi connectivity index (χ2v) is 10.9. The predicted molar refractivity (Wildman–Crippen MR) is 119 cm³/mol. The molecule has 0 spiro atoms. The molecule has 7 nitrogen and oxygen atoms in total. The predicted octanol–water partition coefficient (Wildman–Crippen LogP) is 4.06. The van der Waals surface area contributed by atoms with E-state index in [0.717, 1.165) is 26.4 Å². The highest BCUT2D eigenvalue weighted by Gasteiger charge is 2.29. The summed E-state index contributed by atoms with van der Waals surface area (Å²) in [6.07, 6.45) is -1.65. The maximum absolute atomic E-state index is 12.9. The van der Waals surface area contributed by atoms with Gasteiger partial charge in [0.15, 0.2) is 0 Å². The Balaban J connectivity index is 1.89. The van der Waals surface area contributed by atoms with Crippen LogP contribution >= 0.6 is 11.3 Å². The normalized spacial score (nSPS) is 13.3. The van der Waals surface area contributed by atoms with Crippen LogP contribution in [-0.4, -0.2) is 32.1 Å². The molecule has 1 heterocycles. The number of nitrogens with one attached hydrogen (secondary N) is 1. The smallest absolute Gasteiger partial charge is 0.404 e. The zero-order valence-electron chi connectivity index (χ0n) is 17.3. The van der Waals surface area contributed by atoms with Crippen LogP contribution in [0.15, 0.2) is 47.4 Å². The molecule has 0 aliphatic heterocycles. The number of aromatic nitrogens is 1. The SMILES string of the molecule is Cc1ccc(S(=O)(=O)NCC(OC(N)=O)C(C)(C)C)cc1-c1nc2ccccc2s1. The van der Waals surface area contributed by atoms with Crippen molar-refractivity contribution in [2.75, 3.05) is 6.54 Å². The Bertz CT molecular complexity index is 1150. The number of benzene rings is 2. The topological polar surface area (TPSA) is 111 Å². The summed E-state index contributed by atoms with van der Waals surface area (Å²) in [4.78, 5) is 15.9. The largest absolute Gasteiger partial charge is 0.444 e. The number of ether oxygens (including phenoxy) is 1. The minimum Gasteiger partial charge on any atom is -0.444 e. The van der Waals surface area contributed by atoms with Crippen molar-refractivity contribution >= 4 is 37.7 Å². The lowest BCUT2D eigenvalue weighted by Gasteiger charge is -2.29. The van der Waals surface area contributed by atoms with Crippen molar-refractivity contribution in [2.24, 2.45) is 11.1 Å². The van der Waals surface area contributed by atoms with Gasteiger partial charge in [-0.05, 0) is 36.8 Å². The van der Waals surface area contributed by atoms with E-state index in [1.54, 1.807) is 18.2 Å². The third-order valence-electron chi connectivity index (χ3n) is 4.73. The Morgan fingerprint density at radius 3 is 2.57 bits per heavy atom. The molecule has 9 heteroatoms. The van der Waals surface area contributed by atoms with Crippen LogP contribution in [0.2, 0.25) is 0 Å². The van der Waals surface area contributed by atoms with Gasteiger partial charge in [0.2, 0.25) is 10.0 Å². The molecular weight excluding hydrogens is 422 g/mol. The first-order valence-electron chi connectivity index (χ1n) is 9.40. The number of aryl methyl sites for hydroxylation is 1. The number of sulfonamides is 1. The summed E-state index contributed by atoms with van der Waals surface area (Å²) in [6.45, 7) is 7.35. The second-order valence-electron chi connectivity index (χ2n) is 8.11. The van der Waals surface area contributed by atoms with Crippen molar-refractivity contribution in [3.05, 3.63) is 48.0 Å². The van der Waals surface area contributed by atoms with Gasteiger partial charge in [0.05, 0.1) is 15.1 Å². The Kier molecular flexibility index (Phi) is 6.16. The molecule has 3 aromatic rings. The van der Waals surface area contributed by atoms with Crippen LogP contribution < -0.4 is 10.5 Å². The number of thiazole rings is 1. The molecule has 0 aliphatic carbocycles. The summed E-state index contributed by atoms with van der Waals surface area (Å²) in [5, 5.41) is 0.760. The average Bonchev–Trinajstić information content (AvgIpc) is 3.08. The van der Waals surface area contributed by atoms with E-state index in [2.05, 4.69) is 9.71 Å². The van der Waals surface area contributed by atoms with Gasteiger partial charge in [-0.25, -0.2) is 22.9 Å². The zero-order valence-corrected chi connectivity index (χ0v) is 18.9. The first-order chi connectivity index (χ1) is 14.0. The van der Waals surface area contributed by atoms with Gasteiger partial charge in [-0.15, -0.1) is 11.3 Å². The molecule has 0 radical (unpaired) electrons. The van der Waals surface area contributed by atoms with Crippen molar-refractivity contribution in [1.29, 1.82) is 0 Å². The molecule has 1 atom stereocenters. The standard InChI is InChI=1S/C21H25N3O4S2/c1-13-9-10-14(11-15(13)19-24-16-7-5-6-8-17(16)29-19)30(26,27)23-12-18(21(2,3)4)28-20(22)25/h5-11,18,23H,12H2,1-4H3,(H2,22,25). The van der Waals surface area contributed by atoms with Gasteiger partial charge in [0.1, 0.15) is 11.1 Å². The number of para-hydroxylation sites is 1.